The van der Waals surface area contributed by atoms with E-state index in [9.17, 15) is 4.79 Å². The number of nitrogens with two attached hydrogens (primary N) is 1. The standard InChI is InChI=1S/C15H30N2O/c1-2-4-13(9-11-16)7-8-15(18)17-12-10-14-5-3-6-14/h13-14H,2-12,16H2,1H3,(H,17,18). The van der Waals surface area contributed by atoms with Gasteiger partial charge in [0.05, 0.1) is 0 Å². The molecule has 0 aromatic rings. The molecule has 0 aromatic heterocycles. The molecule has 106 valence electrons. The van der Waals surface area contributed by atoms with Crippen LogP contribution >= 0.6 is 0 Å². The number of nitrogens with one attached hydrogen (secondary N) is 1. The van der Waals surface area contributed by atoms with E-state index in [1.807, 2.05) is 0 Å². The van der Waals surface area contributed by atoms with Crippen molar-refractivity contribution in [1.82, 2.24) is 5.32 Å². The second-order valence-corrected chi connectivity index (χ2v) is 5.71. The molecule has 0 heterocycles. The number of hydrogen-bond donors (Lipinski definition) is 2. The molecule has 18 heavy (non-hydrogen) atoms. The normalized spacial score (nSPS) is 17.2. The fourth-order valence-corrected chi connectivity index (χ4v) is 2.70. The van der Waals surface area contributed by atoms with E-state index in [-0.39, 0.29) is 5.91 Å². The summed E-state index contributed by atoms with van der Waals surface area (Å²) in [5.41, 5.74) is 5.60. The third-order valence-electron chi connectivity index (χ3n) is 4.15. The fourth-order valence-electron chi connectivity index (χ4n) is 2.70. The minimum atomic E-state index is 0.229. The minimum absolute atomic E-state index is 0.229. The Morgan fingerprint density at radius 2 is 2.11 bits per heavy atom. The average Bonchev–Trinajstić information content (AvgIpc) is 2.30. The van der Waals surface area contributed by atoms with E-state index in [0.717, 1.165) is 31.8 Å². The molecule has 0 bridgehead atoms. The monoisotopic (exact) mass is 254 g/mol. The van der Waals surface area contributed by atoms with Crippen molar-refractivity contribution < 1.29 is 4.79 Å². The Balaban J connectivity index is 2.02. The van der Waals surface area contributed by atoms with Crippen molar-refractivity contribution in [3.05, 3.63) is 0 Å². The van der Waals surface area contributed by atoms with Crippen LogP contribution in [0.25, 0.3) is 0 Å². The first kappa shape index (κ1) is 15.5. The Morgan fingerprint density at radius 1 is 1.33 bits per heavy atom. The smallest absolute Gasteiger partial charge is 0.220 e. The van der Waals surface area contributed by atoms with Crippen molar-refractivity contribution in [2.24, 2.45) is 17.6 Å². The molecule has 0 spiro atoms. The topological polar surface area (TPSA) is 55.1 Å². The zero-order chi connectivity index (χ0) is 13.2. The van der Waals surface area contributed by atoms with Crippen molar-refractivity contribution in [2.45, 2.75) is 64.7 Å². The molecular formula is C15H30N2O. The van der Waals surface area contributed by atoms with E-state index in [1.165, 1.54) is 38.5 Å². The predicted octanol–water partition coefficient (Wildman–Crippen LogP) is 2.84. The highest BCUT2D eigenvalue weighted by molar-refractivity contribution is 5.75. The third-order valence-corrected chi connectivity index (χ3v) is 4.15. The summed E-state index contributed by atoms with van der Waals surface area (Å²) in [4.78, 5) is 11.7. The second kappa shape index (κ2) is 9.37. The van der Waals surface area contributed by atoms with Crippen LogP contribution < -0.4 is 11.1 Å². The molecule has 1 atom stereocenters. The lowest BCUT2D eigenvalue weighted by Crippen LogP contribution is -2.27. The average molecular weight is 254 g/mol. The number of amides is 1. The molecule has 1 unspecified atom stereocenters. The van der Waals surface area contributed by atoms with Crippen molar-refractivity contribution in [3.8, 4) is 0 Å². The van der Waals surface area contributed by atoms with Crippen LogP contribution in [-0.2, 0) is 4.79 Å². The minimum Gasteiger partial charge on any atom is -0.356 e. The van der Waals surface area contributed by atoms with Crippen molar-refractivity contribution in [3.63, 3.8) is 0 Å². The van der Waals surface area contributed by atoms with E-state index in [2.05, 4.69) is 12.2 Å². The summed E-state index contributed by atoms with van der Waals surface area (Å²) in [5, 5.41) is 3.05. The lowest BCUT2D eigenvalue weighted by molar-refractivity contribution is -0.121. The highest BCUT2D eigenvalue weighted by Gasteiger charge is 2.17. The van der Waals surface area contributed by atoms with Crippen molar-refractivity contribution in [1.29, 1.82) is 0 Å². The van der Waals surface area contributed by atoms with Gasteiger partial charge in [0.1, 0.15) is 0 Å². The van der Waals surface area contributed by atoms with Gasteiger partial charge in [-0.25, -0.2) is 0 Å². The van der Waals surface area contributed by atoms with E-state index in [4.69, 9.17) is 5.73 Å². The van der Waals surface area contributed by atoms with E-state index in [1.54, 1.807) is 0 Å². The van der Waals surface area contributed by atoms with E-state index in [0.29, 0.717) is 12.3 Å². The van der Waals surface area contributed by atoms with Crippen LogP contribution in [-0.4, -0.2) is 19.0 Å². The number of hydrogen-bond acceptors (Lipinski definition) is 2. The molecule has 0 radical (unpaired) electrons. The molecule has 1 aliphatic carbocycles. The largest absolute Gasteiger partial charge is 0.356 e. The summed E-state index contributed by atoms with van der Waals surface area (Å²) in [7, 11) is 0. The Labute approximate surface area is 112 Å². The van der Waals surface area contributed by atoms with Gasteiger partial charge < -0.3 is 11.1 Å². The molecule has 1 saturated carbocycles. The van der Waals surface area contributed by atoms with Gasteiger partial charge in [-0.2, -0.15) is 0 Å². The summed E-state index contributed by atoms with van der Waals surface area (Å²) in [6.07, 6.45) is 10.4. The summed E-state index contributed by atoms with van der Waals surface area (Å²) in [5.74, 6) is 1.75. The molecule has 1 rings (SSSR count). The van der Waals surface area contributed by atoms with Crippen molar-refractivity contribution >= 4 is 5.91 Å². The van der Waals surface area contributed by atoms with Gasteiger partial charge in [0.15, 0.2) is 0 Å². The van der Waals surface area contributed by atoms with Gasteiger partial charge in [-0.3, -0.25) is 4.79 Å². The summed E-state index contributed by atoms with van der Waals surface area (Å²) >= 11 is 0. The molecular weight excluding hydrogens is 224 g/mol. The van der Waals surface area contributed by atoms with Crippen LogP contribution in [0, 0.1) is 11.8 Å². The molecule has 0 saturated heterocycles. The second-order valence-electron chi connectivity index (χ2n) is 5.71. The molecule has 1 aliphatic rings. The highest BCUT2D eigenvalue weighted by atomic mass is 16.1. The van der Waals surface area contributed by atoms with Gasteiger partial charge in [0, 0.05) is 13.0 Å². The zero-order valence-electron chi connectivity index (χ0n) is 11.9. The molecule has 0 aliphatic heterocycles. The number of carbonyl (C=O) groups excluding carboxylic acids is 1. The molecule has 1 amide bonds. The quantitative estimate of drug-likeness (QED) is 0.630. The van der Waals surface area contributed by atoms with Gasteiger partial charge in [-0.1, -0.05) is 39.0 Å². The van der Waals surface area contributed by atoms with E-state index >= 15 is 0 Å². The van der Waals surface area contributed by atoms with Gasteiger partial charge in [0.25, 0.3) is 0 Å². The van der Waals surface area contributed by atoms with Crippen LogP contribution in [0.4, 0.5) is 0 Å². The lowest BCUT2D eigenvalue weighted by Gasteiger charge is -2.25. The lowest BCUT2D eigenvalue weighted by atomic mass is 9.83. The first-order chi connectivity index (χ1) is 8.76. The maximum atomic E-state index is 11.7. The van der Waals surface area contributed by atoms with Crippen LogP contribution in [0.1, 0.15) is 64.7 Å². The maximum Gasteiger partial charge on any atom is 0.220 e. The first-order valence-corrected chi connectivity index (χ1v) is 7.73. The van der Waals surface area contributed by atoms with Crippen LogP contribution in [0.5, 0.6) is 0 Å². The summed E-state index contributed by atoms with van der Waals surface area (Å²) < 4.78 is 0. The molecule has 3 N–H and O–H groups in total. The predicted molar refractivity (Wildman–Crippen MR) is 76.3 cm³/mol. The molecule has 0 aromatic carbocycles. The molecule has 1 fully saturated rings. The molecule has 3 heteroatoms. The SMILES string of the molecule is CCCC(CCN)CCC(=O)NCCC1CCC1. The summed E-state index contributed by atoms with van der Waals surface area (Å²) in [6.45, 7) is 3.81. The third kappa shape index (κ3) is 6.39. The highest BCUT2D eigenvalue weighted by Crippen LogP contribution is 2.28. The Morgan fingerprint density at radius 3 is 2.67 bits per heavy atom. The van der Waals surface area contributed by atoms with E-state index < -0.39 is 0 Å². The van der Waals surface area contributed by atoms with Crippen molar-refractivity contribution in [2.75, 3.05) is 13.1 Å². The van der Waals surface area contributed by atoms with Gasteiger partial charge in [-0.15, -0.1) is 0 Å². The number of carbonyl (C=O) groups is 1. The summed E-state index contributed by atoms with van der Waals surface area (Å²) in [6, 6.07) is 0. The van der Waals surface area contributed by atoms with Crippen LogP contribution in [0.15, 0.2) is 0 Å². The van der Waals surface area contributed by atoms with Crippen LogP contribution in [0.3, 0.4) is 0 Å². The number of rotatable bonds is 10. The molecule has 3 nitrogen and oxygen atoms in total. The Kier molecular flexibility index (Phi) is 8.06. The van der Waals surface area contributed by atoms with Crippen LogP contribution in [0.2, 0.25) is 0 Å². The van der Waals surface area contributed by atoms with Gasteiger partial charge >= 0.3 is 0 Å². The zero-order valence-corrected chi connectivity index (χ0v) is 11.9. The first-order valence-electron chi connectivity index (χ1n) is 7.73. The van der Waals surface area contributed by atoms with Gasteiger partial charge in [0.2, 0.25) is 5.91 Å². The Bertz CT molecular complexity index is 221. The fraction of sp³-hybridized carbons (Fsp3) is 0.933. The Hall–Kier alpha value is -0.570. The maximum absolute atomic E-state index is 11.7. The van der Waals surface area contributed by atoms with Gasteiger partial charge in [-0.05, 0) is 37.6 Å².